The Morgan fingerprint density at radius 1 is 1.18 bits per heavy atom. The third-order valence-electron chi connectivity index (χ3n) is 4.34. The molecular weight excluding hydrogens is 274 g/mol. The summed E-state index contributed by atoms with van der Waals surface area (Å²) in [6.07, 6.45) is 5.27. The first-order chi connectivity index (χ1) is 10.5. The molecule has 0 bridgehead atoms. The van der Waals surface area contributed by atoms with Crippen molar-refractivity contribution in [2.24, 2.45) is 0 Å². The fraction of sp³-hybridized carbons (Fsp3) is 0.632. The van der Waals surface area contributed by atoms with E-state index in [1.54, 1.807) is 0 Å². The van der Waals surface area contributed by atoms with Gasteiger partial charge < -0.3 is 9.64 Å². The minimum atomic E-state index is 0.228. The van der Waals surface area contributed by atoms with Gasteiger partial charge in [0, 0.05) is 12.1 Å². The fourth-order valence-corrected chi connectivity index (χ4v) is 3.50. The molecule has 0 unspecified atom stereocenters. The summed E-state index contributed by atoms with van der Waals surface area (Å²) in [5.41, 5.74) is 2.38. The van der Waals surface area contributed by atoms with E-state index in [2.05, 4.69) is 38.7 Å². The standard InChI is InChI=1S/C19H29NO2/c1-14(2)20(17-7-5-6-8-17)19(21)9-10-22-18-12-15(3)11-16(4)13-18/h11-14,17H,5-10H2,1-4H3. The van der Waals surface area contributed by atoms with Crippen LogP contribution in [-0.2, 0) is 4.79 Å². The topological polar surface area (TPSA) is 29.5 Å². The highest BCUT2D eigenvalue weighted by atomic mass is 16.5. The van der Waals surface area contributed by atoms with Crippen LogP contribution in [-0.4, -0.2) is 29.5 Å². The molecule has 0 N–H and O–H groups in total. The van der Waals surface area contributed by atoms with Gasteiger partial charge in [0.1, 0.15) is 5.75 Å². The minimum absolute atomic E-state index is 0.228. The molecule has 3 nitrogen and oxygen atoms in total. The van der Waals surface area contributed by atoms with Crippen LogP contribution in [0.25, 0.3) is 0 Å². The molecule has 0 aliphatic heterocycles. The van der Waals surface area contributed by atoms with Gasteiger partial charge in [-0.3, -0.25) is 4.79 Å². The van der Waals surface area contributed by atoms with Crippen molar-refractivity contribution in [2.45, 2.75) is 71.9 Å². The molecule has 1 aromatic carbocycles. The number of ether oxygens (including phenoxy) is 1. The number of carbonyl (C=O) groups is 1. The van der Waals surface area contributed by atoms with Gasteiger partial charge in [-0.05, 0) is 63.8 Å². The lowest BCUT2D eigenvalue weighted by atomic mass is 10.1. The van der Waals surface area contributed by atoms with Crippen LogP contribution in [0.2, 0.25) is 0 Å². The van der Waals surface area contributed by atoms with E-state index in [9.17, 15) is 4.79 Å². The van der Waals surface area contributed by atoms with Gasteiger partial charge in [0.05, 0.1) is 13.0 Å². The lowest BCUT2D eigenvalue weighted by Crippen LogP contribution is -2.44. The van der Waals surface area contributed by atoms with Crippen molar-refractivity contribution in [2.75, 3.05) is 6.61 Å². The zero-order valence-electron chi connectivity index (χ0n) is 14.4. The molecule has 3 heteroatoms. The highest BCUT2D eigenvalue weighted by Crippen LogP contribution is 2.26. The average Bonchev–Trinajstić information content (AvgIpc) is 2.91. The Labute approximate surface area is 134 Å². The number of amides is 1. The Morgan fingerprint density at radius 2 is 1.77 bits per heavy atom. The molecule has 0 spiro atoms. The minimum Gasteiger partial charge on any atom is -0.493 e. The Bertz CT molecular complexity index is 484. The molecule has 0 radical (unpaired) electrons. The van der Waals surface area contributed by atoms with Gasteiger partial charge in [-0.15, -0.1) is 0 Å². The van der Waals surface area contributed by atoms with Crippen LogP contribution in [0.1, 0.15) is 57.1 Å². The number of hydrogen-bond donors (Lipinski definition) is 0. The molecule has 0 atom stereocenters. The second-order valence-corrected chi connectivity index (χ2v) is 6.75. The van der Waals surface area contributed by atoms with Crippen LogP contribution in [0.3, 0.4) is 0 Å². The third-order valence-corrected chi connectivity index (χ3v) is 4.34. The maximum atomic E-state index is 12.5. The maximum absolute atomic E-state index is 12.5. The predicted octanol–water partition coefficient (Wildman–Crippen LogP) is 4.25. The predicted molar refractivity (Wildman–Crippen MR) is 90.3 cm³/mol. The number of aryl methyl sites for hydroxylation is 2. The second kappa shape index (κ2) is 7.66. The van der Waals surface area contributed by atoms with Crippen molar-refractivity contribution in [3.63, 3.8) is 0 Å². The van der Waals surface area contributed by atoms with E-state index in [-0.39, 0.29) is 11.9 Å². The Kier molecular flexibility index (Phi) is 5.87. The maximum Gasteiger partial charge on any atom is 0.226 e. The van der Waals surface area contributed by atoms with E-state index in [1.165, 1.54) is 24.0 Å². The summed E-state index contributed by atoms with van der Waals surface area (Å²) in [6, 6.07) is 6.88. The largest absolute Gasteiger partial charge is 0.493 e. The molecule has 1 amide bonds. The van der Waals surface area contributed by atoms with E-state index < -0.39 is 0 Å². The number of hydrogen-bond acceptors (Lipinski definition) is 2. The zero-order valence-corrected chi connectivity index (χ0v) is 14.4. The average molecular weight is 303 g/mol. The van der Waals surface area contributed by atoms with Gasteiger partial charge >= 0.3 is 0 Å². The summed E-state index contributed by atoms with van der Waals surface area (Å²) in [5.74, 6) is 1.09. The zero-order chi connectivity index (χ0) is 16.1. The van der Waals surface area contributed by atoms with Crippen molar-refractivity contribution < 1.29 is 9.53 Å². The van der Waals surface area contributed by atoms with Crippen LogP contribution >= 0.6 is 0 Å². The van der Waals surface area contributed by atoms with Gasteiger partial charge in [-0.1, -0.05) is 18.9 Å². The number of carbonyl (C=O) groups excluding carboxylic acids is 1. The van der Waals surface area contributed by atoms with Gasteiger partial charge in [-0.2, -0.15) is 0 Å². The summed E-state index contributed by atoms with van der Waals surface area (Å²) in [5, 5.41) is 0. The third kappa shape index (κ3) is 4.49. The fourth-order valence-electron chi connectivity index (χ4n) is 3.50. The van der Waals surface area contributed by atoms with Gasteiger partial charge in [0.25, 0.3) is 0 Å². The molecular formula is C19H29NO2. The van der Waals surface area contributed by atoms with Crippen molar-refractivity contribution in [1.82, 2.24) is 4.90 Å². The van der Waals surface area contributed by atoms with Gasteiger partial charge in [-0.25, -0.2) is 0 Å². The molecule has 22 heavy (non-hydrogen) atoms. The molecule has 122 valence electrons. The quantitative estimate of drug-likeness (QED) is 0.786. The molecule has 2 rings (SSSR count). The Morgan fingerprint density at radius 3 is 2.32 bits per heavy atom. The molecule has 0 aromatic heterocycles. The monoisotopic (exact) mass is 303 g/mol. The number of rotatable bonds is 6. The lowest BCUT2D eigenvalue weighted by Gasteiger charge is -2.33. The Hall–Kier alpha value is -1.51. The van der Waals surface area contributed by atoms with E-state index in [0.29, 0.717) is 19.1 Å². The van der Waals surface area contributed by atoms with Crippen molar-refractivity contribution in [3.8, 4) is 5.75 Å². The van der Waals surface area contributed by atoms with E-state index in [1.807, 2.05) is 12.1 Å². The summed E-state index contributed by atoms with van der Waals surface area (Å²) < 4.78 is 5.78. The van der Waals surface area contributed by atoms with Crippen LogP contribution in [0.5, 0.6) is 5.75 Å². The first-order valence-electron chi connectivity index (χ1n) is 8.49. The number of nitrogens with zero attached hydrogens (tertiary/aromatic N) is 1. The van der Waals surface area contributed by atoms with E-state index >= 15 is 0 Å². The molecule has 1 aliphatic carbocycles. The molecule has 1 aromatic rings. The summed E-state index contributed by atoms with van der Waals surface area (Å²) >= 11 is 0. The first kappa shape index (κ1) is 16.9. The molecule has 1 fully saturated rings. The van der Waals surface area contributed by atoms with Crippen LogP contribution in [0, 0.1) is 13.8 Å². The summed E-state index contributed by atoms with van der Waals surface area (Å²) in [7, 11) is 0. The van der Waals surface area contributed by atoms with Crippen LogP contribution in [0.15, 0.2) is 18.2 Å². The summed E-state index contributed by atoms with van der Waals surface area (Å²) in [4.78, 5) is 14.6. The first-order valence-corrected chi connectivity index (χ1v) is 8.49. The molecule has 0 heterocycles. The van der Waals surface area contributed by atoms with Crippen LogP contribution in [0.4, 0.5) is 0 Å². The molecule has 1 saturated carbocycles. The van der Waals surface area contributed by atoms with Crippen molar-refractivity contribution in [3.05, 3.63) is 29.3 Å². The highest BCUT2D eigenvalue weighted by Gasteiger charge is 2.28. The second-order valence-electron chi connectivity index (χ2n) is 6.75. The molecule has 0 saturated heterocycles. The van der Waals surface area contributed by atoms with Crippen LogP contribution < -0.4 is 4.74 Å². The smallest absolute Gasteiger partial charge is 0.226 e. The highest BCUT2D eigenvalue weighted by molar-refractivity contribution is 5.77. The summed E-state index contributed by atoms with van der Waals surface area (Å²) in [6.45, 7) is 8.80. The van der Waals surface area contributed by atoms with Gasteiger partial charge in [0.15, 0.2) is 0 Å². The Balaban J connectivity index is 1.87. The normalized spacial score (nSPS) is 15.3. The van der Waals surface area contributed by atoms with E-state index in [4.69, 9.17) is 4.74 Å². The number of benzene rings is 1. The van der Waals surface area contributed by atoms with Gasteiger partial charge in [0.2, 0.25) is 5.91 Å². The van der Waals surface area contributed by atoms with Crippen molar-refractivity contribution in [1.29, 1.82) is 0 Å². The van der Waals surface area contributed by atoms with E-state index in [0.717, 1.165) is 18.6 Å². The van der Waals surface area contributed by atoms with Crippen molar-refractivity contribution >= 4 is 5.91 Å². The molecule has 1 aliphatic rings. The lowest BCUT2D eigenvalue weighted by molar-refractivity contribution is -0.135. The SMILES string of the molecule is Cc1cc(C)cc(OCCC(=O)N(C(C)C)C2CCCC2)c1.